The third kappa shape index (κ3) is 3.08. The van der Waals surface area contributed by atoms with Crippen molar-refractivity contribution in [1.82, 2.24) is 4.90 Å². The van der Waals surface area contributed by atoms with Gasteiger partial charge in [0.2, 0.25) is 0 Å². The fourth-order valence-electron chi connectivity index (χ4n) is 0.531. The molecule has 0 spiro atoms. The van der Waals surface area contributed by atoms with Gasteiger partial charge >= 0.3 is 0 Å². The number of nitrogens with two attached hydrogens (primary N) is 1. The Balaban J connectivity index is 3.67. The molecule has 0 rings (SSSR count). The Morgan fingerprint density at radius 1 is 1.89 bits per heavy atom. The molecule has 2 N–H and O–H groups in total. The average molecular weight is 144 g/mol. The number of likely N-dealkylation sites (N-methyl/N-ethyl adjacent to an activating group) is 1. The Kier molecular flexibility index (Phi) is 4.05. The Bertz CT molecular complexity index is 112. The lowest BCUT2D eigenvalue weighted by atomic mass is 10.5. The molecule has 0 fully saturated rings. The summed E-state index contributed by atoms with van der Waals surface area (Å²) < 4.78 is 0. The first-order chi connectivity index (χ1) is 4.22. The van der Waals surface area contributed by atoms with E-state index >= 15 is 0 Å². The van der Waals surface area contributed by atoms with E-state index in [2.05, 4.69) is 6.58 Å². The third-order valence-corrected chi connectivity index (χ3v) is 1.30. The van der Waals surface area contributed by atoms with E-state index in [0.29, 0.717) is 5.11 Å². The summed E-state index contributed by atoms with van der Waals surface area (Å²) >= 11 is 4.74. The molecule has 0 amide bonds. The van der Waals surface area contributed by atoms with Gasteiger partial charge in [0, 0.05) is 13.1 Å². The highest BCUT2D eigenvalue weighted by Gasteiger charge is 1.97. The van der Waals surface area contributed by atoms with E-state index in [0.717, 1.165) is 13.1 Å². The quantitative estimate of drug-likeness (QED) is 0.468. The minimum Gasteiger partial charge on any atom is -0.376 e. The van der Waals surface area contributed by atoms with E-state index in [9.17, 15) is 0 Å². The lowest BCUT2D eigenvalue weighted by Crippen LogP contribution is -2.35. The van der Waals surface area contributed by atoms with Gasteiger partial charge in [-0.2, -0.15) is 0 Å². The molecular weight excluding hydrogens is 132 g/mol. The molecule has 0 saturated carbocycles. The van der Waals surface area contributed by atoms with Crippen molar-refractivity contribution in [2.75, 3.05) is 13.1 Å². The lowest BCUT2D eigenvalue weighted by molar-refractivity contribution is 0.492. The van der Waals surface area contributed by atoms with Crippen LogP contribution in [0.3, 0.4) is 0 Å². The lowest BCUT2D eigenvalue weighted by Gasteiger charge is -2.17. The molecule has 2 nitrogen and oxygen atoms in total. The van der Waals surface area contributed by atoms with Crippen LogP contribution in [0.15, 0.2) is 12.7 Å². The molecule has 0 aliphatic carbocycles. The van der Waals surface area contributed by atoms with Gasteiger partial charge in [0.05, 0.1) is 0 Å². The average Bonchev–Trinajstić information content (AvgIpc) is 1.82. The van der Waals surface area contributed by atoms with Crippen molar-refractivity contribution in [3.8, 4) is 0 Å². The monoisotopic (exact) mass is 144 g/mol. The number of hydrogen-bond donors (Lipinski definition) is 1. The van der Waals surface area contributed by atoms with Crippen LogP contribution in [-0.4, -0.2) is 23.1 Å². The Morgan fingerprint density at radius 3 is 2.56 bits per heavy atom. The van der Waals surface area contributed by atoms with Crippen LogP contribution >= 0.6 is 12.2 Å². The number of nitrogens with zero attached hydrogens (tertiary/aromatic N) is 1. The van der Waals surface area contributed by atoms with Gasteiger partial charge in [0.25, 0.3) is 0 Å². The maximum Gasteiger partial charge on any atom is 0.166 e. The van der Waals surface area contributed by atoms with Crippen LogP contribution in [0.25, 0.3) is 0 Å². The van der Waals surface area contributed by atoms with Crippen molar-refractivity contribution in [2.24, 2.45) is 5.73 Å². The highest BCUT2D eigenvalue weighted by atomic mass is 32.1. The summed E-state index contributed by atoms with van der Waals surface area (Å²) in [5.41, 5.74) is 5.34. The predicted molar refractivity (Wildman–Crippen MR) is 44.2 cm³/mol. The van der Waals surface area contributed by atoms with E-state index in [-0.39, 0.29) is 0 Å². The summed E-state index contributed by atoms with van der Waals surface area (Å²) in [7, 11) is 0. The standard InChI is InChI=1S/C6H12N2S/c1-3-5-8(4-2)6(7)9/h3H,1,4-5H2,2H3,(H2,7,9). The molecule has 0 radical (unpaired) electrons. The maximum atomic E-state index is 5.34. The first kappa shape index (κ1) is 8.43. The van der Waals surface area contributed by atoms with Gasteiger partial charge in [0.1, 0.15) is 0 Å². The van der Waals surface area contributed by atoms with Crippen LogP contribution in [0.4, 0.5) is 0 Å². The van der Waals surface area contributed by atoms with E-state index in [1.807, 2.05) is 11.8 Å². The zero-order valence-corrected chi connectivity index (χ0v) is 6.45. The van der Waals surface area contributed by atoms with Gasteiger partial charge in [-0.1, -0.05) is 6.08 Å². The van der Waals surface area contributed by atoms with Gasteiger partial charge in [-0.15, -0.1) is 6.58 Å². The highest BCUT2D eigenvalue weighted by molar-refractivity contribution is 7.80. The van der Waals surface area contributed by atoms with Crippen molar-refractivity contribution in [3.05, 3.63) is 12.7 Å². The second-order valence-electron chi connectivity index (χ2n) is 1.67. The summed E-state index contributed by atoms with van der Waals surface area (Å²) in [4.78, 5) is 1.86. The van der Waals surface area contributed by atoms with Crippen molar-refractivity contribution in [3.63, 3.8) is 0 Å². The number of hydrogen-bond acceptors (Lipinski definition) is 1. The van der Waals surface area contributed by atoms with Gasteiger partial charge in [-0.25, -0.2) is 0 Å². The normalized spacial score (nSPS) is 8.56. The molecule has 0 aromatic carbocycles. The SMILES string of the molecule is C=CCN(CC)C(N)=S. The molecule has 0 aliphatic heterocycles. The van der Waals surface area contributed by atoms with E-state index in [1.54, 1.807) is 6.08 Å². The first-order valence-corrected chi connectivity index (χ1v) is 3.28. The minimum atomic E-state index is 0.442. The second kappa shape index (κ2) is 4.32. The molecular formula is C6H12N2S. The first-order valence-electron chi connectivity index (χ1n) is 2.87. The molecule has 0 aromatic heterocycles. The van der Waals surface area contributed by atoms with Crippen LogP contribution in [0, 0.1) is 0 Å². The Labute approximate surface area is 61.3 Å². The Hall–Kier alpha value is -0.570. The fraction of sp³-hybridized carbons (Fsp3) is 0.500. The maximum absolute atomic E-state index is 5.34. The number of thiocarbonyl (C=S) groups is 1. The molecule has 0 atom stereocenters. The zero-order chi connectivity index (χ0) is 7.28. The summed E-state index contributed by atoms with van der Waals surface area (Å²) in [5.74, 6) is 0. The van der Waals surface area contributed by atoms with Gasteiger partial charge in [-0.3, -0.25) is 0 Å². The van der Waals surface area contributed by atoms with Crippen LogP contribution in [0.2, 0.25) is 0 Å². The predicted octanol–water partition coefficient (Wildman–Crippen LogP) is 0.738. The van der Waals surface area contributed by atoms with E-state index in [1.165, 1.54) is 0 Å². The van der Waals surface area contributed by atoms with Crippen molar-refractivity contribution in [2.45, 2.75) is 6.92 Å². The molecule has 0 heterocycles. The molecule has 0 saturated heterocycles. The second-order valence-corrected chi connectivity index (χ2v) is 2.08. The van der Waals surface area contributed by atoms with Gasteiger partial charge in [-0.05, 0) is 19.1 Å². The van der Waals surface area contributed by atoms with Crippen LogP contribution in [-0.2, 0) is 0 Å². The van der Waals surface area contributed by atoms with Crippen molar-refractivity contribution in [1.29, 1.82) is 0 Å². The zero-order valence-electron chi connectivity index (χ0n) is 5.63. The summed E-state index contributed by atoms with van der Waals surface area (Å²) in [6, 6.07) is 0. The summed E-state index contributed by atoms with van der Waals surface area (Å²) in [5, 5.41) is 0.442. The topological polar surface area (TPSA) is 29.3 Å². The van der Waals surface area contributed by atoms with Crippen molar-refractivity contribution >= 4 is 17.3 Å². The molecule has 9 heavy (non-hydrogen) atoms. The largest absolute Gasteiger partial charge is 0.376 e. The van der Waals surface area contributed by atoms with Gasteiger partial charge in [0.15, 0.2) is 5.11 Å². The van der Waals surface area contributed by atoms with Gasteiger partial charge < -0.3 is 10.6 Å². The van der Waals surface area contributed by atoms with Crippen LogP contribution in [0.5, 0.6) is 0 Å². The Morgan fingerprint density at radius 2 is 2.44 bits per heavy atom. The molecule has 0 aromatic rings. The van der Waals surface area contributed by atoms with Crippen LogP contribution in [0.1, 0.15) is 6.92 Å². The van der Waals surface area contributed by atoms with Crippen molar-refractivity contribution < 1.29 is 0 Å². The molecule has 0 aliphatic rings. The number of rotatable bonds is 3. The van der Waals surface area contributed by atoms with Crippen LogP contribution < -0.4 is 5.73 Å². The smallest absolute Gasteiger partial charge is 0.166 e. The minimum absolute atomic E-state index is 0.442. The van der Waals surface area contributed by atoms with E-state index < -0.39 is 0 Å². The molecule has 3 heteroatoms. The summed E-state index contributed by atoms with van der Waals surface area (Å²) in [6.45, 7) is 7.17. The molecule has 0 unspecified atom stereocenters. The summed E-state index contributed by atoms with van der Waals surface area (Å²) in [6.07, 6.45) is 1.78. The molecule has 0 bridgehead atoms. The van der Waals surface area contributed by atoms with E-state index in [4.69, 9.17) is 18.0 Å². The molecule has 52 valence electrons. The fourth-order valence-corrected chi connectivity index (χ4v) is 0.734. The highest BCUT2D eigenvalue weighted by Crippen LogP contribution is 1.85. The third-order valence-electron chi connectivity index (χ3n) is 1.04.